The molecule has 0 saturated carbocycles. The Kier molecular flexibility index (Phi) is 5.68. The molecular weight excluding hydrogens is 152 g/mol. The second kappa shape index (κ2) is 5.98. The fraction of sp³-hybridized carbons (Fsp3) is 0.600. The second-order valence-electron chi connectivity index (χ2n) is 3.15. The minimum absolute atomic E-state index is 0.0408. The molecule has 2 atom stereocenters. The molecule has 0 heterocycles. The summed E-state index contributed by atoms with van der Waals surface area (Å²) in [6.45, 7) is 9.16. The van der Waals surface area contributed by atoms with Crippen molar-refractivity contribution in [3.05, 3.63) is 24.8 Å². The van der Waals surface area contributed by atoms with Gasteiger partial charge in [0.2, 0.25) is 0 Å². The van der Waals surface area contributed by atoms with Gasteiger partial charge in [0.1, 0.15) is 0 Å². The molecule has 0 unspecified atom stereocenters. The first kappa shape index (κ1) is 11.4. The number of aliphatic hydroxyl groups is 2. The van der Waals surface area contributed by atoms with Gasteiger partial charge in [-0.1, -0.05) is 11.6 Å². The van der Waals surface area contributed by atoms with Crippen molar-refractivity contribution < 1.29 is 10.2 Å². The van der Waals surface area contributed by atoms with Crippen LogP contribution in [0.2, 0.25) is 0 Å². The summed E-state index contributed by atoms with van der Waals surface area (Å²) in [4.78, 5) is 0. The first-order valence-electron chi connectivity index (χ1n) is 4.17. The zero-order chi connectivity index (χ0) is 9.56. The van der Waals surface area contributed by atoms with Gasteiger partial charge in [0.05, 0.1) is 12.7 Å². The van der Waals surface area contributed by atoms with E-state index in [9.17, 15) is 5.11 Å². The first-order chi connectivity index (χ1) is 5.61. The predicted molar refractivity (Wildman–Crippen MR) is 50.8 cm³/mol. The summed E-state index contributed by atoms with van der Waals surface area (Å²) < 4.78 is 0. The van der Waals surface area contributed by atoms with Crippen LogP contribution < -0.4 is 0 Å². The molecule has 0 bridgehead atoms. The SMILES string of the molecule is C=C[C@H](CO)[C@@H](O)CCC(=C)C. The summed E-state index contributed by atoms with van der Waals surface area (Å²) in [5, 5.41) is 18.3. The molecule has 0 spiro atoms. The quantitative estimate of drug-likeness (QED) is 0.593. The van der Waals surface area contributed by atoms with Crippen molar-refractivity contribution in [1.82, 2.24) is 0 Å². The van der Waals surface area contributed by atoms with Crippen LogP contribution in [0.1, 0.15) is 19.8 Å². The third-order valence-electron chi connectivity index (χ3n) is 1.87. The van der Waals surface area contributed by atoms with Gasteiger partial charge >= 0.3 is 0 Å². The van der Waals surface area contributed by atoms with Gasteiger partial charge in [-0.05, 0) is 19.8 Å². The van der Waals surface area contributed by atoms with Crippen LogP contribution >= 0.6 is 0 Å². The largest absolute Gasteiger partial charge is 0.396 e. The Morgan fingerprint density at radius 3 is 2.50 bits per heavy atom. The lowest BCUT2D eigenvalue weighted by Gasteiger charge is -2.16. The Morgan fingerprint density at radius 1 is 1.58 bits per heavy atom. The lowest BCUT2D eigenvalue weighted by atomic mass is 9.98. The molecule has 0 rings (SSSR count). The van der Waals surface area contributed by atoms with Crippen LogP contribution in [0.15, 0.2) is 24.8 Å². The molecule has 0 fully saturated rings. The van der Waals surface area contributed by atoms with Gasteiger partial charge in [0, 0.05) is 5.92 Å². The molecule has 2 heteroatoms. The number of allylic oxidation sites excluding steroid dienone is 1. The Balaban J connectivity index is 3.75. The van der Waals surface area contributed by atoms with Crippen molar-refractivity contribution in [3.8, 4) is 0 Å². The van der Waals surface area contributed by atoms with E-state index in [2.05, 4.69) is 13.2 Å². The molecule has 2 nitrogen and oxygen atoms in total. The maximum Gasteiger partial charge on any atom is 0.0627 e. The van der Waals surface area contributed by atoms with Crippen LogP contribution in [0.25, 0.3) is 0 Å². The molecule has 0 amide bonds. The minimum atomic E-state index is -0.496. The highest BCUT2D eigenvalue weighted by Gasteiger charge is 2.13. The molecular formula is C10H18O2. The molecule has 0 aromatic heterocycles. The lowest BCUT2D eigenvalue weighted by Crippen LogP contribution is -2.21. The average molecular weight is 170 g/mol. The van der Waals surface area contributed by atoms with Crippen LogP contribution in [0.4, 0.5) is 0 Å². The monoisotopic (exact) mass is 170 g/mol. The summed E-state index contributed by atoms with van der Waals surface area (Å²) in [5.41, 5.74) is 1.05. The normalized spacial score (nSPS) is 15.2. The van der Waals surface area contributed by atoms with Crippen LogP contribution in [0, 0.1) is 5.92 Å². The summed E-state index contributed by atoms with van der Waals surface area (Å²) in [6.07, 6.45) is 2.53. The number of aliphatic hydroxyl groups excluding tert-OH is 2. The second-order valence-corrected chi connectivity index (χ2v) is 3.15. The molecule has 0 radical (unpaired) electrons. The van der Waals surface area contributed by atoms with E-state index in [4.69, 9.17) is 5.11 Å². The van der Waals surface area contributed by atoms with Crippen molar-refractivity contribution >= 4 is 0 Å². The van der Waals surface area contributed by atoms with Gasteiger partial charge in [0.25, 0.3) is 0 Å². The van der Waals surface area contributed by atoms with E-state index in [1.165, 1.54) is 0 Å². The van der Waals surface area contributed by atoms with E-state index in [-0.39, 0.29) is 12.5 Å². The van der Waals surface area contributed by atoms with Crippen molar-refractivity contribution in [2.75, 3.05) is 6.61 Å². The van der Waals surface area contributed by atoms with E-state index in [0.717, 1.165) is 12.0 Å². The molecule has 2 N–H and O–H groups in total. The Hall–Kier alpha value is -0.600. The zero-order valence-corrected chi connectivity index (χ0v) is 7.66. The Morgan fingerprint density at radius 2 is 2.17 bits per heavy atom. The third kappa shape index (κ3) is 4.31. The van der Waals surface area contributed by atoms with Gasteiger partial charge in [0.15, 0.2) is 0 Å². The van der Waals surface area contributed by atoms with Gasteiger partial charge in [-0.15, -0.1) is 13.2 Å². The standard InChI is InChI=1S/C10H18O2/c1-4-9(7-11)10(12)6-5-8(2)3/h4,9-12H,1-2,5-7H2,3H3/t9-,10+/m1/s1. The maximum atomic E-state index is 9.49. The van der Waals surface area contributed by atoms with E-state index in [1.54, 1.807) is 6.08 Å². The van der Waals surface area contributed by atoms with E-state index >= 15 is 0 Å². The van der Waals surface area contributed by atoms with Gasteiger partial charge in [-0.2, -0.15) is 0 Å². The fourth-order valence-electron chi connectivity index (χ4n) is 0.962. The number of hydrogen-bond donors (Lipinski definition) is 2. The molecule has 0 aromatic rings. The van der Waals surface area contributed by atoms with Crippen LogP contribution in [0.3, 0.4) is 0 Å². The molecule has 12 heavy (non-hydrogen) atoms. The topological polar surface area (TPSA) is 40.5 Å². The number of hydrogen-bond acceptors (Lipinski definition) is 2. The lowest BCUT2D eigenvalue weighted by molar-refractivity contribution is 0.0852. The predicted octanol–water partition coefficient (Wildman–Crippen LogP) is 1.50. The third-order valence-corrected chi connectivity index (χ3v) is 1.87. The van der Waals surface area contributed by atoms with Gasteiger partial charge in [-0.3, -0.25) is 0 Å². The fourth-order valence-corrected chi connectivity index (χ4v) is 0.962. The summed E-state index contributed by atoms with van der Waals surface area (Å²) in [7, 11) is 0. The highest BCUT2D eigenvalue weighted by atomic mass is 16.3. The van der Waals surface area contributed by atoms with Crippen LogP contribution in [0.5, 0.6) is 0 Å². The van der Waals surface area contributed by atoms with E-state index < -0.39 is 6.10 Å². The zero-order valence-electron chi connectivity index (χ0n) is 7.66. The molecule has 0 aliphatic carbocycles. The molecule has 0 aliphatic heterocycles. The minimum Gasteiger partial charge on any atom is -0.396 e. The van der Waals surface area contributed by atoms with Crippen LogP contribution in [-0.2, 0) is 0 Å². The Labute approximate surface area is 74.2 Å². The summed E-state index contributed by atoms with van der Waals surface area (Å²) in [6, 6.07) is 0. The molecule has 0 saturated heterocycles. The van der Waals surface area contributed by atoms with Crippen molar-refractivity contribution in [2.24, 2.45) is 5.92 Å². The molecule has 0 aliphatic rings. The summed E-state index contributed by atoms with van der Waals surface area (Å²) in [5.74, 6) is -0.204. The van der Waals surface area contributed by atoms with Crippen molar-refractivity contribution in [1.29, 1.82) is 0 Å². The smallest absolute Gasteiger partial charge is 0.0627 e. The van der Waals surface area contributed by atoms with E-state index in [1.807, 2.05) is 6.92 Å². The maximum absolute atomic E-state index is 9.49. The van der Waals surface area contributed by atoms with E-state index in [0.29, 0.717) is 6.42 Å². The molecule has 70 valence electrons. The van der Waals surface area contributed by atoms with Crippen molar-refractivity contribution in [2.45, 2.75) is 25.9 Å². The highest BCUT2D eigenvalue weighted by molar-refractivity contribution is 4.91. The average Bonchev–Trinajstić information content (AvgIpc) is 2.03. The highest BCUT2D eigenvalue weighted by Crippen LogP contribution is 2.12. The molecule has 0 aromatic carbocycles. The summed E-state index contributed by atoms with van der Waals surface area (Å²) >= 11 is 0. The van der Waals surface area contributed by atoms with Crippen molar-refractivity contribution in [3.63, 3.8) is 0 Å². The van der Waals surface area contributed by atoms with Crippen LogP contribution in [-0.4, -0.2) is 22.9 Å². The van der Waals surface area contributed by atoms with Gasteiger partial charge in [-0.25, -0.2) is 0 Å². The van der Waals surface area contributed by atoms with Gasteiger partial charge < -0.3 is 10.2 Å². The Bertz CT molecular complexity index is 152. The first-order valence-corrected chi connectivity index (χ1v) is 4.17. The number of rotatable bonds is 6.